The number of aryl methyl sites for hydroxylation is 2. The minimum absolute atomic E-state index is 0.0598. The maximum absolute atomic E-state index is 13.7. The third-order valence-corrected chi connectivity index (χ3v) is 6.12. The Bertz CT molecular complexity index is 1310. The van der Waals surface area contributed by atoms with E-state index in [0.717, 1.165) is 34.4 Å². The van der Waals surface area contributed by atoms with Crippen LogP contribution in [-0.4, -0.2) is 44.1 Å². The van der Waals surface area contributed by atoms with E-state index in [9.17, 15) is 9.18 Å². The van der Waals surface area contributed by atoms with E-state index in [1.54, 1.807) is 18.2 Å². The van der Waals surface area contributed by atoms with Crippen LogP contribution in [0.4, 0.5) is 4.39 Å². The summed E-state index contributed by atoms with van der Waals surface area (Å²) in [6.07, 6.45) is 1.10. The number of aromatic nitrogens is 4. The number of para-hydroxylation sites is 1. The number of benzene rings is 2. The van der Waals surface area contributed by atoms with Crippen molar-refractivity contribution in [2.75, 3.05) is 13.1 Å². The monoisotopic (exact) mass is 447 g/mol. The van der Waals surface area contributed by atoms with Gasteiger partial charge < -0.3 is 14.6 Å². The number of fused-ring (bicyclic) bond motifs is 1. The predicted molar refractivity (Wildman–Crippen MR) is 123 cm³/mol. The maximum Gasteiger partial charge on any atom is 0.230 e. The molecule has 0 bridgehead atoms. The fourth-order valence-electron chi connectivity index (χ4n) is 4.47. The quantitative estimate of drug-likeness (QED) is 0.464. The van der Waals surface area contributed by atoms with Crippen LogP contribution >= 0.6 is 0 Å². The number of hydrogen-bond acceptors (Lipinski definition) is 4. The van der Waals surface area contributed by atoms with E-state index < -0.39 is 5.82 Å². The first-order valence-electron chi connectivity index (χ1n) is 11.1. The molecular weight excluding hydrogens is 421 g/mol. The summed E-state index contributed by atoms with van der Waals surface area (Å²) in [7, 11) is 0. The molecule has 1 aliphatic heterocycles. The van der Waals surface area contributed by atoms with E-state index in [1.807, 2.05) is 17.9 Å². The van der Waals surface area contributed by atoms with Gasteiger partial charge in [-0.25, -0.2) is 9.37 Å². The fraction of sp³-hybridized carbons (Fsp3) is 0.320. The van der Waals surface area contributed by atoms with Crippen molar-refractivity contribution in [2.45, 2.75) is 39.2 Å². The van der Waals surface area contributed by atoms with Crippen LogP contribution in [0.15, 0.2) is 42.5 Å². The summed E-state index contributed by atoms with van der Waals surface area (Å²) in [5.74, 6) is 0.733. The first-order chi connectivity index (χ1) is 16.0. The summed E-state index contributed by atoms with van der Waals surface area (Å²) in [4.78, 5) is 22.7. The number of carbonyl (C=O) groups excluding carboxylic acids is 1. The van der Waals surface area contributed by atoms with Gasteiger partial charge in [0.2, 0.25) is 5.91 Å². The second-order valence-corrected chi connectivity index (χ2v) is 8.70. The fourth-order valence-corrected chi connectivity index (χ4v) is 4.47. The molecule has 2 N–H and O–H groups in total. The number of amides is 1. The highest BCUT2D eigenvalue weighted by atomic mass is 19.1. The molecule has 33 heavy (non-hydrogen) atoms. The molecule has 7 nitrogen and oxygen atoms in total. The molecule has 0 radical (unpaired) electrons. The second-order valence-electron chi connectivity index (χ2n) is 8.70. The molecule has 1 unspecified atom stereocenters. The maximum atomic E-state index is 13.7. The molecule has 4 aromatic rings. The zero-order chi connectivity index (χ0) is 22.9. The Morgan fingerprint density at radius 3 is 2.94 bits per heavy atom. The average molecular weight is 448 g/mol. The summed E-state index contributed by atoms with van der Waals surface area (Å²) < 4.78 is 19.3. The lowest BCUT2D eigenvalue weighted by molar-refractivity contribution is -0.129. The number of imidazole rings is 1. The number of ether oxygens (including phenoxy) is 1. The Balaban J connectivity index is 1.19. The van der Waals surface area contributed by atoms with Crippen molar-refractivity contribution in [2.24, 2.45) is 0 Å². The zero-order valence-corrected chi connectivity index (χ0v) is 18.7. The predicted octanol–water partition coefficient (Wildman–Crippen LogP) is 4.18. The van der Waals surface area contributed by atoms with Crippen LogP contribution in [0.3, 0.4) is 0 Å². The van der Waals surface area contributed by atoms with Gasteiger partial charge in [-0.1, -0.05) is 18.2 Å². The number of aromatic amines is 2. The average Bonchev–Trinajstić information content (AvgIpc) is 3.52. The summed E-state index contributed by atoms with van der Waals surface area (Å²) in [5, 5.41) is 7.37. The highest BCUT2D eigenvalue weighted by Gasteiger charge is 2.29. The number of nitrogens with zero attached hydrogens (tertiary/aromatic N) is 3. The number of rotatable bonds is 6. The molecule has 1 saturated heterocycles. The van der Waals surface area contributed by atoms with Crippen molar-refractivity contribution in [1.82, 2.24) is 25.1 Å². The lowest BCUT2D eigenvalue weighted by Crippen LogP contribution is -2.30. The van der Waals surface area contributed by atoms with Crippen LogP contribution < -0.4 is 4.74 Å². The molecule has 1 atom stereocenters. The van der Waals surface area contributed by atoms with E-state index in [1.165, 1.54) is 11.6 Å². The molecule has 0 aliphatic carbocycles. The minimum Gasteiger partial charge on any atom is -0.484 e. The number of nitrogens with one attached hydrogen (secondary N) is 2. The number of carbonyl (C=O) groups is 1. The van der Waals surface area contributed by atoms with Gasteiger partial charge in [-0.3, -0.25) is 9.89 Å². The molecule has 170 valence electrons. The van der Waals surface area contributed by atoms with E-state index >= 15 is 0 Å². The van der Waals surface area contributed by atoms with Gasteiger partial charge in [-0.15, -0.1) is 0 Å². The standard InChI is InChI=1S/C25H26FN5O2/c1-15-9-16(2)25-21(10-15)27-23(28-25)12-24(32)31-8-7-17(13-31)20-11-18(29-30-20)14-33-22-6-4-3-5-19(22)26/h3-6,9-11,17H,7-8,12-14H2,1-2H3,(H,27,28)(H,29,30). The van der Waals surface area contributed by atoms with Crippen molar-refractivity contribution < 1.29 is 13.9 Å². The Labute approximate surface area is 191 Å². The largest absolute Gasteiger partial charge is 0.484 e. The SMILES string of the molecule is Cc1cc(C)c2nc(CC(=O)N3CCC(c4cc(COc5ccccc5F)[nH]n4)C3)[nH]c2c1. The van der Waals surface area contributed by atoms with Crippen LogP contribution in [0.2, 0.25) is 0 Å². The Morgan fingerprint density at radius 1 is 1.24 bits per heavy atom. The van der Waals surface area contributed by atoms with E-state index in [2.05, 4.69) is 39.2 Å². The van der Waals surface area contributed by atoms with E-state index in [-0.39, 0.29) is 30.6 Å². The molecule has 2 aromatic heterocycles. The summed E-state index contributed by atoms with van der Waals surface area (Å²) in [6.45, 7) is 5.60. The smallest absolute Gasteiger partial charge is 0.230 e. The topological polar surface area (TPSA) is 86.9 Å². The first-order valence-corrected chi connectivity index (χ1v) is 11.1. The molecular formula is C25H26FN5O2. The number of likely N-dealkylation sites (tertiary alicyclic amines) is 1. The van der Waals surface area contributed by atoms with Crippen LogP contribution in [0.5, 0.6) is 5.75 Å². The van der Waals surface area contributed by atoms with Crippen LogP contribution in [-0.2, 0) is 17.8 Å². The normalized spacial score (nSPS) is 16.0. The van der Waals surface area contributed by atoms with Gasteiger partial charge in [-0.2, -0.15) is 5.10 Å². The van der Waals surface area contributed by atoms with Gasteiger partial charge in [0.1, 0.15) is 12.4 Å². The van der Waals surface area contributed by atoms with Crippen molar-refractivity contribution in [3.05, 3.63) is 76.6 Å². The van der Waals surface area contributed by atoms with E-state index in [4.69, 9.17) is 4.74 Å². The number of halogens is 1. The molecule has 3 heterocycles. The Kier molecular flexibility index (Phi) is 5.58. The Morgan fingerprint density at radius 2 is 2.09 bits per heavy atom. The van der Waals surface area contributed by atoms with Crippen molar-refractivity contribution >= 4 is 16.9 Å². The van der Waals surface area contributed by atoms with Crippen LogP contribution in [0.25, 0.3) is 11.0 Å². The molecule has 1 fully saturated rings. The van der Waals surface area contributed by atoms with Crippen LogP contribution in [0.1, 0.15) is 40.7 Å². The van der Waals surface area contributed by atoms with Gasteiger partial charge in [0, 0.05) is 19.0 Å². The first kappa shape index (κ1) is 21.2. The zero-order valence-electron chi connectivity index (χ0n) is 18.7. The molecule has 2 aromatic carbocycles. The lowest BCUT2D eigenvalue weighted by atomic mass is 10.1. The molecule has 0 spiro atoms. The van der Waals surface area contributed by atoms with E-state index in [0.29, 0.717) is 18.9 Å². The third kappa shape index (κ3) is 4.46. The third-order valence-electron chi connectivity index (χ3n) is 6.12. The van der Waals surface area contributed by atoms with Gasteiger partial charge in [0.05, 0.1) is 28.8 Å². The highest BCUT2D eigenvalue weighted by Crippen LogP contribution is 2.27. The second kappa shape index (κ2) is 8.69. The van der Waals surface area contributed by atoms with Crippen LogP contribution in [0, 0.1) is 19.7 Å². The van der Waals surface area contributed by atoms with Gasteiger partial charge in [-0.05, 0) is 55.7 Å². The lowest BCUT2D eigenvalue weighted by Gasteiger charge is -2.15. The molecule has 5 rings (SSSR count). The summed E-state index contributed by atoms with van der Waals surface area (Å²) in [6, 6.07) is 12.4. The van der Waals surface area contributed by atoms with Crippen molar-refractivity contribution in [3.8, 4) is 5.75 Å². The number of H-pyrrole nitrogens is 2. The minimum atomic E-state index is -0.392. The van der Waals surface area contributed by atoms with Gasteiger partial charge in [0.15, 0.2) is 11.6 Å². The molecule has 0 saturated carbocycles. The molecule has 8 heteroatoms. The summed E-state index contributed by atoms with van der Waals surface area (Å²) >= 11 is 0. The highest BCUT2D eigenvalue weighted by molar-refractivity contribution is 5.82. The molecule has 1 amide bonds. The van der Waals surface area contributed by atoms with Gasteiger partial charge in [0.25, 0.3) is 0 Å². The number of hydrogen-bond donors (Lipinski definition) is 2. The Hall–Kier alpha value is -3.68. The van der Waals surface area contributed by atoms with Crippen molar-refractivity contribution in [1.29, 1.82) is 0 Å². The molecule has 1 aliphatic rings. The van der Waals surface area contributed by atoms with Gasteiger partial charge >= 0.3 is 0 Å². The summed E-state index contributed by atoms with van der Waals surface area (Å²) in [5.41, 5.74) is 5.83. The van der Waals surface area contributed by atoms with Crippen molar-refractivity contribution in [3.63, 3.8) is 0 Å².